The van der Waals surface area contributed by atoms with E-state index in [-0.39, 0.29) is 5.78 Å². The molecule has 0 unspecified atom stereocenters. The average molecular weight is 378 g/mol. The zero-order valence-electron chi connectivity index (χ0n) is 16.5. The van der Waals surface area contributed by atoms with Gasteiger partial charge in [-0.2, -0.15) is 0 Å². The van der Waals surface area contributed by atoms with Crippen LogP contribution in [0.25, 0.3) is 0 Å². The van der Waals surface area contributed by atoms with Crippen molar-refractivity contribution < 1.29 is 23.6 Å². The highest BCUT2D eigenvalue weighted by Gasteiger charge is 2.52. The minimum absolute atomic E-state index is 0.151. The summed E-state index contributed by atoms with van der Waals surface area (Å²) in [7, 11) is -0.622. The second kappa shape index (κ2) is 7.38. The van der Waals surface area contributed by atoms with Crippen molar-refractivity contribution in [2.24, 2.45) is 0 Å². The van der Waals surface area contributed by atoms with Crippen molar-refractivity contribution in [3.8, 4) is 11.5 Å². The first-order valence-electron chi connectivity index (χ1n) is 9.06. The number of hydrogen-bond acceptors (Lipinski definition) is 5. The molecule has 0 N–H and O–H groups in total. The van der Waals surface area contributed by atoms with Crippen molar-refractivity contribution >= 4 is 24.7 Å². The summed E-state index contributed by atoms with van der Waals surface area (Å²) in [5.74, 6) is 0.910. The van der Waals surface area contributed by atoms with E-state index in [1.54, 1.807) is 42.5 Å². The Bertz CT molecular complexity index is 899. The predicted molar refractivity (Wildman–Crippen MR) is 109 cm³/mol. The molecule has 28 heavy (non-hydrogen) atoms. The molecule has 0 amide bonds. The molecule has 0 aliphatic carbocycles. The first-order chi connectivity index (χ1) is 13.2. The summed E-state index contributed by atoms with van der Waals surface area (Å²) in [6.07, 6.45) is 2.03. The summed E-state index contributed by atoms with van der Waals surface area (Å²) in [5, 5.41) is 0. The third kappa shape index (κ3) is 3.79. The van der Waals surface area contributed by atoms with Crippen LogP contribution in [-0.2, 0) is 9.31 Å². The van der Waals surface area contributed by atoms with Gasteiger partial charge in [-0.1, -0.05) is 12.6 Å². The molecule has 1 aliphatic heterocycles. The fraction of sp³-hybridized carbons (Fsp3) is 0.273. The number of ketones is 1. The van der Waals surface area contributed by atoms with Gasteiger partial charge in [0.05, 0.1) is 11.2 Å². The highest BCUT2D eigenvalue weighted by molar-refractivity contribution is 6.63. The molecule has 144 valence electrons. The highest BCUT2D eigenvalue weighted by atomic mass is 16.7. The minimum atomic E-state index is -0.622. The second-order valence-electron chi connectivity index (χ2n) is 7.69. The number of carbonyl (C=O) groups excluding carboxylic acids is 2. The largest absolute Gasteiger partial charge is 0.495 e. The Balaban J connectivity index is 1.81. The number of carbonyl (C=O) groups is 2. The molecule has 0 saturated carbocycles. The van der Waals surface area contributed by atoms with Gasteiger partial charge in [-0.05, 0) is 75.6 Å². The maximum atomic E-state index is 11.7. The van der Waals surface area contributed by atoms with Crippen LogP contribution in [0.5, 0.6) is 11.5 Å². The van der Waals surface area contributed by atoms with Gasteiger partial charge in [-0.15, -0.1) is 0 Å². The summed E-state index contributed by atoms with van der Waals surface area (Å²) in [4.78, 5) is 23.3. The summed E-state index contributed by atoms with van der Waals surface area (Å²) in [6.45, 7) is 11.3. The SMILES string of the molecule is C=CC(=O)c1ccc(Oc2ccc(B3OC(C)(C)C(C)(C)O3)c(C=O)c2)cc1. The van der Waals surface area contributed by atoms with Crippen molar-refractivity contribution in [3.63, 3.8) is 0 Å². The molecule has 6 heteroatoms. The lowest BCUT2D eigenvalue weighted by Gasteiger charge is -2.32. The Kier molecular flexibility index (Phi) is 5.28. The maximum Gasteiger partial charge on any atom is 0.495 e. The van der Waals surface area contributed by atoms with E-state index in [2.05, 4.69) is 6.58 Å². The topological polar surface area (TPSA) is 61.8 Å². The van der Waals surface area contributed by atoms with Gasteiger partial charge in [0, 0.05) is 11.1 Å². The highest BCUT2D eigenvalue weighted by Crippen LogP contribution is 2.37. The van der Waals surface area contributed by atoms with Crippen LogP contribution in [0.2, 0.25) is 0 Å². The third-order valence-electron chi connectivity index (χ3n) is 5.25. The molecule has 1 saturated heterocycles. The summed E-state index contributed by atoms with van der Waals surface area (Å²) in [5.41, 5.74) is 0.657. The fourth-order valence-corrected chi connectivity index (χ4v) is 2.84. The van der Waals surface area contributed by atoms with Crippen molar-refractivity contribution in [2.75, 3.05) is 0 Å². The molecule has 1 heterocycles. The van der Waals surface area contributed by atoms with E-state index in [0.717, 1.165) is 6.29 Å². The van der Waals surface area contributed by atoms with E-state index >= 15 is 0 Å². The standard InChI is InChI=1S/C22H23BO5/c1-6-20(25)15-7-9-17(10-8-15)26-18-11-12-19(16(13-18)14-24)23-27-21(2,3)22(4,5)28-23/h6-14H,1H2,2-5H3. The van der Waals surface area contributed by atoms with Gasteiger partial charge in [0.15, 0.2) is 5.78 Å². The molecular weight excluding hydrogens is 355 g/mol. The molecule has 0 atom stereocenters. The van der Waals surface area contributed by atoms with Crippen molar-refractivity contribution in [1.82, 2.24) is 0 Å². The number of aldehydes is 1. The predicted octanol–water partition coefficient (Wildman–Crippen LogP) is 3.96. The van der Waals surface area contributed by atoms with Gasteiger partial charge in [0.1, 0.15) is 17.8 Å². The fourth-order valence-electron chi connectivity index (χ4n) is 2.84. The third-order valence-corrected chi connectivity index (χ3v) is 5.25. The quantitative estimate of drug-likeness (QED) is 0.330. The first kappa shape index (κ1) is 20.0. The number of rotatable bonds is 6. The molecule has 2 aromatic rings. The normalized spacial score (nSPS) is 17.2. The smallest absolute Gasteiger partial charge is 0.457 e. The van der Waals surface area contributed by atoms with E-state index < -0.39 is 18.3 Å². The van der Waals surface area contributed by atoms with Crippen LogP contribution in [0, 0.1) is 0 Å². The Labute approximate surface area is 165 Å². The van der Waals surface area contributed by atoms with Crippen LogP contribution in [0.3, 0.4) is 0 Å². The molecule has 0 bridgehead atoms. The van der Waals surface area contributed by atoms with E-state index in [9.17, 15) is 9.59 Å². The lowest BCUT2D eigenvalue weighted by molar-refractivity contribution is 0.00578. The average Bonchev–Trinajstić information content (AvgIpc) is 2.88. The van der Waals surface area contributed by atoms with Crippen LogP contribution in [0.1, 0.15) is 48.4 Å². The van der Waals surface area contributed by atoms with Crippen LogP contribution in [-0.4, -0.2) is 30.4 Å². The molecule has 1 fully saturated rings. The number of benzene rings is 2. The zero-order valence-corrected chi connectivity index (χ0v) is 16.5. The Morgan fingerprint density at radius 3 is 2.11 bits per heavy atom. The van der Waals surface area contributed by atoms with Crippen molar-refractivity contribution in [1.29, 1.82) is 0 Å². The van der Waals surface area contributed by atoms with E-state index in [0.29, 0.717) is 28.1 Å². The molecule has 1 aliphatic rings. The van der Waals surface area contributed by atoms with Gasteiger partial charge < -0.3 is 14.0 Å². The zero-order chi connectivity index (χ0) is 20.5. The summed E-state index contributed by atoms with van der Waals surface area (Å²) >= 11 is 0. The van der Waals surface area contributed by atoms with E-state index in [1.807, 2.05) is 27.7 Å². The van der Waals surface area contributed by atoms with Gasteiger partial charge >= 0.3 is 7.12 Å². The Morgan fingerprint density at radius 2 is 1.57 bits per heavy atom. The maximum absolute atomic E-state index is 11.7. The van der Waals surface area contributed by atoms with Crippen LogP contribution >= 0.6 is 0 Å². The van der Waals surface area contributed by atoms with Crippen LogP contribution in [0.15, 0.2) is 55.1 Å². The summed E-state index contributed by atoms with van der Waals surface area (Å²) in [6, 6.07) is 11.9. The van der Waals surface area contributed by atoms with Crippen LogP contribution < -0.4 is 10.2 Å². The lowest BCUT2D eigenvalue weighted by atomic mass is 9.76. The Hall–Kier alpha value is -2.70. The van der Waals surface area contributed by atoms with Gasteiger partial charge in [-0.25, -0.2) is 0 Å². The molecule has 5 nitrogen and oxygen atoms in total. The van der Waals surface area contributed by atoms with E-state index in [4.69, 9.17) is 14.0 Å². The Morgan fingerprint density at radius 1 is 1.00 bits per heavy atom. The van der Waals surface area contributed by atoms with Gasteiger partial charge in [0.25, 0.3) is 0 Å². The van der Waals surface area contributed by atoms with Gasteiger partial charge in [-0.3, -0.25) is 9.59 Å². The monoisotopic (exact) mass is 378 g/mol. The van der Waals surface area contributed by atoms with Crippen LogP contribution in [0.4, 0.5) is 0 Å². The molecule has 3 rings (SSSR count). The minimum Gasteiger partial charge on any atom is -0.457 e. The number of hydrogen-bond donors (Lipinski definition) is 0. The number of ether oxygens (including phenoxy) is 1. The summed E-state index contributed by atoms with van der Waals surface area (Å²) < 4.78 is 17.9. The molecule has 0 aromatic heterocycles. The van der Waals surface area contributed by atoms with Crippen molar-refractivity contribution in [2.45, 2.75) is 38.9 Å². The molecular formula is C22H23BO5. The molecule has 0 spiro atoms. The first-order valence-corrected chi connectivity index (χ1v) is 9.06. The van der Waals surface area contributed by atoms with Gasteiger partial charge in [0.2, 0.25) is 0 Å². The number of allylic oxidation sites excluding steroid dienone is 1. The molecule has 0 radical (unpaired) electrons. The second-order valence-corrected chi connectivity index (χ2v) is 7.69. The lowest BCUT2D eigenvalue weighted by Crippen LogP contribution is -2.41. The van der Waals surface area contributed by atoms with E-state index in [1.165, 1.54) is 6.08 Å². The molecule has 2 aromatic carbocycles. The van der Waals surface area contributed by atoms with Crippen molar-refractivity contribution in [3.05, 3.63) is 66.2 Å².